The fourth-order valence-corrected chi connectivity index (χ4v) is 2.28. The maximum absolute atomic E-state index is 10.1. The Morgan fingerprint density at radius 1 is 1.40 bits per heavy atom. The smallest absolute Gasteiger partial charge is 0.100 e. The van der Waals surface area contributed by atoms with Crippen molar-refractivity contribution in [2.24, 2.45) is 0 Å². The molecule has 1 aromatic carbocycles. The molecule has 1 aliphatic carbocycles. The van der Waals surface area contributed by atoms with Crippen molar-refractivity contribution in [1.29, 1.82) is 0 Å². The van der Waals surface area contributed by atoms with E-state index >= 15 is 0 Å². The lowest BCUT2D eigenvalue weighted by molar-refractivity contribution is 0.212. The van der Waals surface area contributed by atoms with Crippen molar-refractivity contribution in [3.63, 3.8) is 0 Å². The molecule has 0 fully saturated rings. The molecular formula is C12H12BrClO. The Hall–Kier alpha value is -0.310. The Morgan fingerprint density at radius 3 is 2.80 bits per heavy atom. The predicted molar refractivity (Wildman–Crippen MR) is 66.0 cm³/mol. The molecule has 1 N–H and O–H groups in total. The van der Waals surface area contributed by atoms with E-state index in [2.05, 4.69) is 22.0 Å². The first-order chi connectivity index (χ1) is 7.18. The van der Waals surface area contributed by atoms with Gasteiger partial charge in [0.15, 0.2) is 0 Å². The average Bonchev–Trinajstić information content (AvgIpc) is 2.74. The van der Waals surface area contributed by atoms with Gasteiger partial charge < -0.3 is 5.11 Å². The maximum Gasteiger partial charge on any atom is 0.100 e. The Balaban J connectivity index is 2.25. The van der Waals surface area contributed by atoms with Crippen LogP contribution in [0.15, 0.2) is 34.3 Å². The summed E-state index contributed by atoms with van der Waals surface area (Å²) < 4.78 is 0.862. The Kier molecular flexibility index (Phi) is 3.49. The summed E-state index contributed by atoms with van der Waals surface area (Å²) >= 11 is 9.32. The van der Waals surface area contributed by atoms with Crippen LogP contribution in [-0.2, 0) is 0 Å². The molecule has 15 heavy (non-hydrogen) atoms. The van der Waals surface area contributed by atoms with Crippen LogP contribution in [0.3, 0.4) is 0 Å². The molecule has 0 amide bonds. The minimum absolute atomic E-state index is 0.488. The van der Waals surface area contributed by atoms with Crippen LogP contribution in [0, 0.1) is 0 Å². The van der Waals surface area contributed by atoms with Gasteiger partial charge in [-0.05, 0) is 58.5 Å². The van der Waals surface area contributed by atoms with Crippen LogP contribution in [-0.4, -0.2) is 5.11 Å². The molecular weight excluding hydrogens is 275 g/mol. The summed E-state index contributed by atoms with van der Waals surface area (Å²) in [6.45, 7) is 0. The van der Waals surface area contributed by atoms with Crippen molar-refractivity contribution in [2.75, 3.05) is 0 Å². The molecule has 1 atom stereocenters. The summed E-state index contributed by atoms with van der Waals surface area (Å²) in [5.41, 5.74) is 1.99. The van der Waals surface area contributed by atoms with Crippen molar-refractivity contribution < 1.29 is 5.11 Å². The van der Waals surface area contributed by atoms with E-state index in [1.165, 1.54) is 0 Å². The van der Waals surface area contributed by atoms with Crippen molar-refractivity contribution in [2.45, 2.75) is 25.4 Å². The number of hydrogen-bond donors (Lipinski definition) is 1. The zero-order valence-electron chi connectivity index (χ0n) is 8.21. The van der Waals surface area contributed by atoms with Gasteiger partial charge in [-0.1, -0.05) is 23.7 Å². The van der Waals surface area contributed by atoms with Crippen molar-refractivity contribution in [1.82, 2.24) is 0 Å². The number of aliphatic hydroxyl groups excluding tert-OH is 1. The summed E-state index contributed by atoms with van der Waals surface area (Å²) in [7, 11) is 0. The molecule has 0 aliphatic heterocycles. The molecule has 0 saturated heterocycles. The molecule has 1 aromatic rings. The van der Waals surface area contributed by atoms with Gasteiger partial charge in [-0.3, -0.25) is 0 Å². The van der Waals surface area contributed by atoms with Gasteiger partial charge >= 0.3 is 0 Å². The number of allylic oxidation sites excluding steroid dienone is 1. The second kappa shape index (κ2) is 4.69. The molecule has 0 saturated carbocycles. The van der Waals surface area contributed by atoms with Crippen molar-refractivity contribution in [3.05, 3.63) is 44.9 Å². The highest BCUT2D eigenvalue weighted by molar-refractivity contribution is 9.10. The van der Waals surface area contributed by atoms with E-state index in [-0.39, 0.29) is 0 Å². The van der Waals surface area contributed by atoms with Gasteiger partial charge in [0, 0.05) is 4.47 Å². The zero-order chi connectivity index (χ0) is 10.8. The van der Waals surface area contributed by atoms with Gasteiger partial charge in [0.25, 0.3) is 0 Å². The highest BCUT2D eigenvalue weighted by atomic mass is 79.9. The topological polar surface area (TPSA) is 20.2 Å². The van der Waals surface area contributed by atoms with E-state index < -0.39 is 6.10 Å². The molecule has 0 heterocycles. The summed E-state index contributed by atoms with van der Waals surface area (Å²) in [6, 6.07) is 5.59. The largest absolute Gasteiger partial charge is 0.384 e. The maximum atomic E-state index is 10.1. The molecule has 0 bridgehead atoms. The normalized spacial score (nSPS) is 17.7. The predicted octanol–water partition coefficient (Wildman–Crippen LogP) is 4.25. The number of rotatable bonds is 2. The fraction of sp³-hybridized carbons (Fsp3) is 0.333. The molecule has 1 nitrogen and oxygen atoms in total. The first-order valence-corrected chi connectivity index (χ1v) is 6.17. The van der Waals surface area contributed by atoms with Crippen LogP contribution in [0.25, 0.3) is 0 Å². The van der Waals surface area contributed by atoms with Gasteiger partial charge in [0.1, 0.15) is 6.10 Å². The van der Waals surface area contributed by atoms with Gasteiger partial charge in [-0.15, -0.1) is 0 Å². The Morgan fingerprint density at radius 2 is 2.20 bits per heavy atom. The lowest BCUT2D eigenvalue weighted by Gasteiger charge is -2.13. The molecule has 0 spiro atoms. The molecule has 1 unspecified atom stereocenters. The van der Waals surface area contributed by atoms with Crippen molar-refractivity contribution in [3.8, 4) is 0 Å². The van der Waals surface area contributed by atoms with E-state index in [9.17, 15) is 5.11 Å². The van der Waals surface area contributed by atoms with Crippen LogP contribution in [0.1, 0.15) is 30.9 Å². The summed E-state index contributed by atoms with van der Waals surface area (Å²) in [5.74, 6) is 0. The third-order valence-electron chi connectivity index (χ3n) is 2.69. The number of hydrogen-bond acceptors (Lipinski definition) is 1. The number of halogens is 2. The first kappa shape index (κ1) is 11.2. The molecule has 0 aromatic heterocycles. The lowest BCUT2D eigenvalue weighted by atomic mass is 10.0. The average molecular weight is 288 g/mol. The van der Waals surface area contributed by atoms with Gasteiger partial charge in [-0.2, -0.15) is 0 Å². The third kappa shape index (κ3) is 2.44. The lowest BCUT2D eigenvalue weighted by Crippen LogP contribution is -1.99. The third-order valence-corrected chi connectivity index (χ3v) is 3.92. The van der Waals surface area contributed by atoms with E-state index in [1.807, 2.05) is 18.2 Å². The number of aliphatic hydroxyl groups is 1. The highest BCUT2D eigenvalue weighted by Gasteiger charge is 2.16. The molecule has 2 rings (SSSR count). The molecule has 0 radical (unpaired) electrons. The van der Waals surface area contributed by atoms with Gasteiger partial charge in [0.05, 0.1) is 5.02 Å². The molecule has 80 valence electrons. The zero-order valence-corrected chi connectivity index (χ0v) is 10.6. The van der Waals surface area contributed by atoms with E-state index in [1.54, 1.807) is 0 Å². The van der Waals surface area contributed by atoms with E-state index in [0.29, 0.717) is 5.02 Å². The SMILES string of the molecule is OC(C1=CCCC1)c1ccc(Br)c(Cl)c1. The Bertz CT molecular complexity index is 401. The number of benzene rings is 1. The highest BCUT2D eigenvalue weighted by Crippen LogP contribution is 2.33. The quantitative estimate of drug-likeness (QED) is 0.806. The second-order valence-corrected chi connectivity index (χ2v) is 5.01. The fourth-order valence-electron chi connectivity index (χ4n) is 1.84. The van der Waals surface area contributed by atoms with E-state index in [4.69, 9.17) is 11.6 Å². The van der Waals surface area contributed by atoms with Crippen LogP contribution in [0.5, 0.6) is 0 Å². The van der Waals surface area contributed by atoms with Crippen LogP contribution < -0.4 is 0 Å². The minimum atomic E-state index is -0.488. The van der Waals surface area contributed by atoms with Crippen LogP contribution in [0.4, 0.5) is 0 Å². The summed E-state index contributed by atoms with van der Waals surface area (Å²) in [6.07, 6.45) is 4.86. The monoisotopic (exact) mass is 286 g/mol. The van der Waals surface area contributed by atoms with Crippen molar-refractivity contribution >= 4 is 27.5 Å². The standard InChI is InChI=1S/C12H12BrClO/c13-10-6-5-9(7-11(10)14)12(15)8-3-1-2-4-8/h3,5-7,12,15H,1-2,4H2. The minimum Gasteiger partial charge on any atom is -0.384 e. The molecule has 3 heteroatoms. The first-order valence-electron chi connectivity index (χ1n) is 5.00. The molecule has 1 aliphatic rings. The second-order valence-electron chi connectivity index (χ2n) is 3.75. The van der Waals surface area contributed by atoms with Crippen LogP contribution >= 0.6 is 27.5 Å². The Labute approximate surface area is 103 Å². The summed E-state index contributed by atoms with van der Waals surface area (Å²) in [4.78, 5) is 0. The van der Waals surface area contributed by atoms with E-state index in [0.717, 1.165) is 34.9 Å². The van der Waals surface area contributed by atoms with Gasteiger partial charge in [0.2, 0.25) is 0 Å². The van der Waals surface area contributed by atoms with Gasteiger partial charge in [-0.25, -0.2) is 0 Å². The summed E-state index contributed by atoms with van der Waals surface area (Å²) in [5, 5.41) is 10.7. The van der Waals surface area contributed by atoms with Crippen LogP contribution in [0.2, 0.25) is 5.02 Å².